The lowest BCUT2D eigenvalue weighted by atomic mass is 10.1. The van der Waals surface area contributed by atoms with Gasteiger partial charge in [0, 0.05) is 31.9 Å². The maximum atomic E-state index is 13.1. The number of hydrogen-bond acceptors (Lipinski definition) is 8. The highest BCUT2D eigenvalue weighted by atomic mass is 31.2. The van der Waals surface area contributed by atoms with Crippen molar-refractivity contribution >= 4 is 19.3 Å². The minimum Gasteiger partial charge on any atom is -0.465 e. The standard InChI is InChI=1S/C16H16FO5P.C14H11FO3/c1-20-23(19,21-2)11-16(18)12-5-3-7-14(9-12)22-15-8-4-6-13(17)10-15;1-17-14(16)10-4-2-6-12(8-10)18-13-7-3-5-11(15)9-13/h3-10H,11H2,1-2H3;2-9H,1H3. The molecule has 0 heterocycles. The van der Waals surface area contributed by atoms with E-state index in [-0.39, 0.29) is 12.0 Å². The van der Waals surface area contributed by atoms with Crippen LogP contribution < -0.4 is 9.47 Å². The molecule has 0 aromatic heterocycles. The van der Waals surface area contributed by atoms with E-state index in [9.17, 15) is 22.9 Å². The van der Waals surface area contributed by atoms with Crippen LogP contribution in [-0.2, 0) is 18.3 Å². The number of benzene rings is 4. The van der Waals surface area contributed by atoms with Gasteiger partial charge in [-0.05, 0) is 54.6 Å². The molecule has 0 aliphatic rings. The highest BCUT2D eigenvalue weighted by molar-refractivity contribution is 7.54. The van der Waals surface area contributed by atoms with Crippen LogP contribution in [0.2, 0.25) is 0 Å². The third-order valence-electron chi connectivity index (χ3n) is 5.37. The molecule has 4 aromatic carbocycles. The van der Waals surface area contributed by atoms with Crippen LogP contribution in [-0.4, -0.2) is 39.2 Å². The Morgan fingerprint density at radius 2 is 1.05 bits per heavy atom. The number of methoxy groups -OCH3 is 1. The van der Waals surface area contributed by atoms with E-state index in [2.05, 4.69) is 4.74 Å². The highest BCUT2D eigenvalue weighted by Crippen LogP contribution is 2.46. The first-order chi connectivity index (χ1) is 19.6. The molecule has 0 fully saturated rings. The summed E-state index contributed by atoms with van der Waals surface area (Å²) >= 11 is 0. The number of hydrogen-bond donors (Lipinski definition) is 0. The Bertz CT molecular complexity index is 1530. The molecule has 8 nitrogen and oxygen atoms in total. The van der Waals surface area contributed by atoms with Crippen molar-refractivity contribution in [3.8, 4) is 23.0 Å². The smallest absolute Gasteiger partial charge is 0.337 e. The number of rotatable bonds is 10. The quantitative estimate of drug-likeness (QED) is 0.106. The maximum Gasteiger partial charge on any atom is 0.337 e. The van der Waals surface area contributed by atoms with Crippen molar-refractivity contribution in [2.75, 3.05) is 27.5 Å². The fraction of sp³-hybridized carbons (Fsp3) is 0.133. The summed E-state index contributed by atoms with van der Waals surface area (Å²) in [7, 11) is 0.324. The molecule has 4 rings (SSSR count). The molecule has 41 heavy (non-hydrogen) atoms. The van der Waals surface area contributed by atoms with Crippen LogP contribution in [0, 0.1) is 11.6 Å². The first-order valence-electron chi connectivity index (χ1n) is 12.0. The van der Waals surface area contributed by atoms with Gasteiger partial charge in [0.05, 0.1) is 12.7 Å². The minimum atomic E-state index is -3.43. The lowest BCUT2D eigenvalue weighted by Gasteiger charge is -2.13. The average molecular weight is 585 g/mol. The second kappa shape index (κ2) is 14.9. The van der Waals surface area contributed by atoms with Gasteiger partial charge in [-0.25, -0.2) is 13.6 Å². The number of halogens is 2. The zero-order chi connectivity index (χ0) is 29.8. The van der Waals surface area contributed by atoms with Crippen LogP contribution in [0.25, 0.3) is 0 Å². The van der Waals surface area contributed by atoms with Gasteiger partial charge in [-0.1, -0.05) is 30.3 Å². The number of ketones is 1. The first kappa shape index (κ1) is 31.2. The normalized spacial score (nSPS) is 10.7. The van der Waals surface area contributed by atoms with Crippen LogP contribution in [0.4, 0.5) is 8.78 Å². The lowest BCUT2D eigenvalue weighted by Crippen LogP contribution is -2.08. The summed E-state index contributed by atoms with van der Waals surface area (Å²) in [5.74, 6) is -0.144. The second-order valence-electron chi connectivity index (χ2n) is 8.22. The van der Waals surface area contributed by atoms with Crippen LogP contribution >= 0.6 is 7.60 Å². The van der Waals surface area contributed by atoms with Gasteiger partial charge in [-0.3, -0.25) is 9.36 Å². The third kappa shape index (κ3) is 9.65. The van der Waals surface area contributed by atoms with E-state index in [1.165, 1.54) is 63.8 Å². The summed E-state index contributed by atoms with van der Waals surface area (Å²) in [6.07, 6.45) is -0.372. The zero-order valence-corrected chi connectivity index (χ0v) is 23.3. The van der Waals surface area contributed by atoms with Crippen molar-refractivity contribution in [3.05, 3.63) is 120 Å². The summed E-state index contributed by atoms with van der Waals surface area (Å²) in [4.78, 5) is 23.5. The van der Waals surface area contributed by atoms with Crippen LogP contribution in [0.1, 0.15) is 20.7 Å². The molecular formula is C30H27F2O8P. The Hall–Kier alpha value is -4.37. The molecule has 0 saturated carbocycles. The number of carbonyl (C=O) groups is 2. The van der Waals surface area contributed by atoms with Crippen molar-refractivity contribution in [2.45, 2.75) is 0 Å². The fourth-order valence-electron chi connectivity index (χ4n) is 3.34. The Labute approximate surface area is 235 Å². The molecule has 0 bridgehead atoms. The van der Waals surface area contributed by atoms with E-state index in [4.69, 9.17) is 18.5 Å². The Morgan fingerprint density at radius 1 is 0.634 bits per heavy atom. The van der Waals surface area contributed by atoms with E-state index in [1.54, 1.807) is 54.6 Å². The second-order valence-corrected chi connectivity index (χ2v) is 10.5. The molecule has 0 radical (unpaired) electrons. The summed E-state index contributed by atoms with van der Waals surface area (Å²) in [6, 6.07) is 24.2. The van der Waals surface area contributed by atoms with Gasteiger partial charge in [-0.15, -0.1) is 0 Å². The summed E-state index contributed by atoms with van der Waals surface area (Å²) in [6.45, 7) is 0. The van der Waals surface area contributed by atoms with Gasteiger partial charge < -0.3 is 23.3 Å². The van der Waals surface area contributed by atoms with E-state index >= 15 is 0 Å². The largest absolute Gasteiger partial charge is 0.465 e. The molecule has 0 N–H and O–H groups in total. The van der Waals surface area contributed by atoms with E-state index in [0.29, 0.717) is 34.1 Å². The predicted octanol–water partition coefficient (Wildman–Crippen LogP) is 7.69. The summed E-state index contributed by atoms with van der Waals surface area (Å²) in [5.41, 5.74) is 0.680. The van der Waals surface area contributed by atoms with Gasteiger partial charge >= 0.3 is 13.6 Å². The number of carbonyl (C=O) groups excluding carboxylic acids is 2. The minimum absolute atomic E-state index is 0.299. The molecule has 214 valence electrons. The van der Waals surface area contributed by atoms with Crippen LogP contribution in [0.5, 0.6) is 23.0 Å². The molecule has 0 aliphatic heterocycles. The molecular weight excluding hydrogens is 557 g/mol. The molecule has 0 amide bonds. The van der Waals surface area contributed by atoms with E-state index in [1.807, 2.05) is 0 Å². The number of ether oxygens (including phenoxy) is 3. The number of esters is 1. The molecule has 0 saturated heterocycles. The summed E-state index contributed by atoms with van der Waals surface area (Å²) < 4.78 is 63.2. The number of Topliss-reactive ketones (excluding diaryl/α,β-unsaturated/α-hetero) is 1. The maximum absolute atomic E-state index is 13.1. The molecule has 11 heteroatoms. The SMILES string of the molecule is COC(=O)c1cccc(Oc2cccc(F)c2)c1.COP(=O)(CC(=O)c1cccc(Oc2cccc(F)c2)c1)OC. The average Bonchev–Trinajstić information content (AvgIpc) is 2.97. The van der Waals surface area contributed by atoms with Crippen molar-refractivity contribution in [1.82, 2.24) is 0 Å². The van der Waals surface area contributed by atoms with Crippen molar-refractivity contribution in [2.24, 2.45) is 0 Å². The zero-order valence-electron chi connectivity index (χ0n) is 22.4. The van der Waals surface area contributed by atoms with Crippen molar-refractivity contribution < 1.29 is 46.2 Å². The van der Waals surface area contributed by atoms with Gasteiger partial charge in [0.1, 0.15) is 40.8 Å². The van der Waals surface area contributed by atoms with Crippen LogP contribution in [0.15, 0.2) is 97.1 Å². The van der Waals surface area contributed by atoms with Gasteiger partial charge in [-0.2, -0.15) is 0 Å². The summed E-state index contributed by atoms with van der Waals surface area (Å²) in [5, 5.41) is 0. The predicted molar refractivity (Wildman–Crippen MR) is 148 cm³/mol. The first-order valence-corrected chi connectivity index (χ1v) is 13.8. The molecule has 0 aliphatic carbocycles. The Balaban J connectivity index is 0.000000232. The highest BCUT2D eigenvalue weighted by Gasteiger charge is 2.26. The van der Waals surface area contributed by atoms with E-state index < -0.39 is 25.2 Å². The molecule has 0 unspecified atom stereocenters. The topological polar surface area (TPSA) is 97.4 Å². The van der Waals surface area contributed by atoms with Gasteiger partial charge in [0.2, 0.25) is 0 Å². The third-order valence-corrected chi connectivity index (χ3v) is 7.16. The van der Waals surface area contributed by atoms with Crippen molar-refractivity contribution in [3.63, 3.8) is 0 Å². The fourth-order valence-corrected chi connectivity index (χ4v) is 4.28. The van der Waals surface area contributed by atoms with E-state index in [0.717, 1.165) is 0 Å². The van der Waals surface area contributed by atoms with Crippen molar-refractivity contribution in [1.29, 1.82) is 0 Å². The van der Waals surface area contributed by atoms with Gasteiger partial charge in [0.15, 0.2) is 5.78 Å². The molecule has 0 spiro atoms. The van der Waals surface area contributed by atoms with Gasteiger partial charge in [0.25, 0.3) is 0 Å². The van der Waals surface area contributed by atoms with Crippen LogP contribution in [0.3, 0.4) is 0 Å². The monoisotopic (exact) mass is 584 g/mol. The lowest BCUT2D eigenvalue weighted by molar-refractivity contribution is 0.0600. The molecule has 4 aromatic rings. The Morgan fingerprint density at radius 3 is 1.49 bits per heavy atom. The Kier molecular flexibility index (Phi) is 11.3. The molecule has 0 atom stereocenters.